The van der Waals surface area contributed by atoms with Crippen LogP contribution in [0.3, 0.4) is 0 Å². The zero-order valence-electron chi connectivity index (χ0n) is 12.1. The Bertz CT molecular complexity index is 574. The van der Waals surface area contributed by atoms with Crippen molar-refractivity contribution >= 4 is 40.2 Å². The fourth-order valence-electron chi connectivity index (χ4n) is 1.93. The van der Waals surface area contributed by atoms with Crippen LogP contribution in [0.1, 0.15) is 13.8 Å². The Morgan fingerprint density at radius 3 is 2.90 bits per heavy atom. The van der Waals surface area contributed by atoms with Crippen LogP contribution in [0.25, 0.3) is 0 Å². The summed E-state index contributed by atoms with van der Waals surface area (Å²) in [5, 5.41) is 1.36. The monoisotopic (exact) mass is 323 g/mol. The van der Waals surface area contributed by atoms with Crippen molar-refractivity contribution in [3.63, 3.8) is 0 Å². The number of amides is 2. The van der Waals surface area contributed by atoms with Gasteiger partial charge in [0.15, 0.2) is 5.17 Å². The van der Waals surface area contributed by atoms with Crippen molar-refractivity contribution in [3.8, 4) is 0 Å². The summed E-state index contributed by atoms with van der Waals surface area (Å²) in [5.41, 5.74) is 0.789. The van der Waals surface area contributed by atoms with Gasteiger partial charge in [-0.25, -0.2) is 4.79 Å². The second-order valence-electron chi connectivity index (χ2n) is 4.87. The lowest BCUT2D eigenvalue weighted by atomic mass is 10.3. The smallest absolute Gasteiger partial charge is 0.284 e. The van der Waals surface area contributed by atoms with Crippen LogP contribution in [0.4, 0.5) is 10.5 Å². The minimum atomic E-state index is -0.102. The Labute approximate surface area is 134 Å². The third-order valence-electron chi connectivity index (χ3n) is 2.82. The van der Waals surface area contributed by atoms with Crippen LogP contribution in [0.15, 0.2) is 41.9 Å². The van der Waals surface area contributed by atoms with Crippen molar-refractivity contribution in [2.75, 3.05) is 17.3 Å². The first-order chi connectivity index (χ1) is 10.0. The van der Waals surface area contributed by atoms with Crippen LogP contribution in [0.2, 0.25) is 5.02 Å². The van der Waals surface area contributed by atoms with Gasteiger partial charge in [0.25, 0.3) is 0 Å². The molecule has 1 aromatic carbocycles. The fraction of sp³-hybridized carbons (Fsp3) is 0.333. The van der Waals surface area contributed by atoms with Gasteiger partial charge in [-0.15, -0.1) is 6.58 Å². The van der Waals surface area contributed by atoms with Gasteiger partial charge in [0.05, 0.1) is 5.88 Å². The number of nitrogens with zero attached hydrogens (tertiary/aromatic N) is 3. The second-order valence-corrected chi connectivity index (χ2v) is 6.22. The van der Waals surface area contributed by atoms with E-state index in [0.29, 0.717) is 17.4 Å². The quantitative estimate of drug-likeness (QED) is 0.778. The molecule has 112 valence electrons. The van der Waals surface area contributed by atoms with Crippen molar-refractivity contribution in [1.29, 1.82) is 0 Å². The van der Waals surface area contributed by atoms with Gasteiger partial charge in [-0.3, -0.25) is 14.8 Å². The molecule has 4 nitrogen and oxygen atoms in total. The minimum absolute atomic E-state index is 0.102. The third-order valence-corrected chi connectivity index (χ3v) is 4.02. The van der Waals surface area contributed by atoms with Gasteiger partial charge in [0, 0.05) is 23.3 Å². The number of rotatable bonds is 4. The molecule has 21 heavy (non-hydrogen) atoms. The summed E-state index contributed by atoms with van der Waals surface area (Å²) in [7, 11) is 0. The van der Waals surface area contributed by atoms with Gasteiger partial charge in [-0.05, 0) is 32.0 Å². The number of thioether (sulfide) groups is 1. The molecule has 1 fully saturated rings. The highest BCUT2D eigenvalue weighted by Gasteiger charge is 2.31. The first-order valence-corrected chi connectivity index (χ1v) is 8.05. The predicted molar refractivity (Wildman–Crippen MR) is 91.3 cm³/mol. The molecule has 0 atom stereocenters. The van der Waals surface area contributed by atoms with Crippen LogP contribution in [0, 0.1) is 0 Å². The fourth-order valence-corrected chi connectivity index (χ4v) is 3.21. The largest absolute Gasteiger partial charge is 0.331 e. The molecule has 0 bridgehead atoms. The normalized spacial score (nSPS) is 17.7. The first-order valence-electron chi connectivity index (χ1n) is 6.69. The Morgan fingerprint density at radius 1 is 1.52 bits per heavy atom. The van der Waals surface area contributed by atoms with Crippen molar-refractivity contribution in [3.05, 3.63) is 41.9 Å². The standard InChI is InChI=1S/C15H18ClN3OS/c1-4-8-18-14(17-11(2)3)21-10-19(15(18)20)13-7-5-6-12(16)9-13/h4-7,9,11H,1,8,10H2,2-3H3. The van der Waals surface area contributed by atoms with E-state index in [-0.39, 0.29) is 12.1 Å². The summed E-state index contributed by atoms with van der Waals surface area (Å²) in [6, 6.07) is 7.34. The number of hydrogen-bond acceptors (Lipinski definition) is 3. The van der Waals surface area contributed by atoms with Crippen molar-refractivity contribution in [1.82, 2.24) is 4.90 Å². The van der Waals surface area contributed by atoms with Crippen molar-refractivity contribution in [2.24, 2.45) is 4.99 Å². The maximum Gasteiger partial charge on any atom is 0.331 e. The number of urea groups is 1. The summed E-state index contributed by atoms with van der Waals surface area (Å²) in [5.74, 6) is 0.526. The van der Waals surface area contributed by atoms with E-state index in [1.165, 1.54) is 0 Å². The minimum Gasteiger partial charge on any atom is -0.284 e. The van der Waals surface area contributed by atoms with Gasteiger partial charge in [0.1, 0.15) is 0 Å². The highest BCUT2D eigenvalue weighted by molar-refractivity contribution is 8.14. The molecule has 2 rings (SSSR count). The van der Waals surface area contributed by atoms with Gasteiger partial charge < -0.3 is 0 Å². The predicted octanol–water partition coefficient (Wildman–Crippen LogP) is 4.22. The molecule has 0 saturated carbocycles. The molecule has 1 aliphatic heterocycles. The number of benzene rings is 1. The number of amidine groups is 1. The van der Waals surface area contributed by atoms with E-state index in [1.807, 2.05) is 26.0 Å². The topological polar surface area (TPSA) is 35.9 Å². The molecule has 1 saturated heterocycles. The Balaban J connectivity index is 2.29. The number of aliphatic imine (C=N–C) groups is 1. The maximum atomic E-state index is 12.7. The molecule has 0 radical (unpaired) electrons. The molecule has 2 amide bonds. The summed E-state index contributed by atoms with van der Waals surface area (Å²) in [4.78, 5) is 20.5. The number of carbonyl (C=O) groups is 1. The Kier molecular flexibility index (Phi) is 5.31. The second kappa shape index (κ2) is 7.00. The van der Waals surface area contributed by atoms with E-state index in [2.05, 4.69) is 11.6 Å². The molecular weight excluding hydrogens is 306 g/mol. The van der Waals surface area contributed by atoms with Crippen LogP contribution >= 0.6 is 23.4 Å². The molecule has 0 aromatic heterocycles. The van der Waals surface area contributed by atoms with E-state index in [4.69, 9.17) is 11.6 Å². The van der Waals surface area contributed by atoms with Crippen LogP contribution in [0.5, 0.6) is 0 Å². The van der Waals surface area contributed by atoms with Crippen LogP contribution in [-0.2, 0) is 0 Å². The lowest BCUT2D eigenvalue weighted by molar-refractivity contribution is 0.230. The molecule has 0 aliphatic carbocycles. The molecule has 6 heteroatoms. The number of hydrogen-bond donors (Lipinski definition) is 0. The zero-order valence-corrected chi connectivity index (χ0v) is 13.7. The number of halogens is 1. The highest BCUT2D eigenvalue weighted by Crippen LogP contribution is 2.28. The van der Waals surface area contributed by atoms with Gasteiger partial charge in [-0.1, -0.05) is 35.5 Å². The SMILES string of the molecule is C=CCN1C(=O)N(c2cccc(Cl)c2)CSC1=NC(C)C. The van der Waals surface area contributed by atoms with E-state index < -0.39 is 0 Å². The third kappa shape index (κ3) is 3.80. The average molecular weight is 324 g/mol. The summed E-state index contributed by atoms with van der Waals surface area (Å²) >= 11 is 7.55. The van der Waals surface area contributed by atoms with E-state index in [1.54, 1.807) is 39.8 Å². The first kappa shape index (κ1) is 15.9. The lowest BCUT2D eigenvalue weighted by Gasteiger charge is -2.35. The van der Waals surface area contributed by atoms with Crippen LogP contribution < -0.4 is 4.90 Å². The van der Waals surface area contributed by atoms with E-state index in [0.717, 1.165) is 10.9 Å². The maximum absolute atomic E-state index is 12.7. The summed E-state index contributed by atoms with van der Waals surface area (Å²) < 4.78 is 0. The highest BCUT2D eigenvalue weighted by atomic mass is 35.5. The van der Waals surface area contributed by atoms with Gasteiger partial charge >= 0.3 is 6.03 Å². The molecule has 1 aromatic rings. The van der Waals surface area contributed by atoms with Gasteiger partial charge in [-0.2, -0.15) is 0 Å². The van der Waals surface area contributed by atoms with Crippen molar-refractivity contribution in [2.45, 2.75) is 19.9 Å². The molecule has 0 N–H and O–H groups in total. The van der Waals surface area contributed by atoms with Gasteiger partial charge in [0.2, 0.25) is 0 Å². The molecule has 0 unspecified atom stereocenters. The summed E-state index contributed by atoms with van der Waals surface area (Å²) in [6.45, 7) is 8.14. The number of carbonyl (C=O) groups excluding carboxylic acids is 1. The lowest BCUT2D eigenvalue weighted by Crippen LogP contribution is -2.50. The molecular formula is C15H18ClN3OS. The molecule has 1 aliphatic rings. The Hall–Kier alpha value is -1.46. The van der Waals surface area contributed by atoms with E-state index in [9.17, 15) is 4.79 Å². The number of anilines is 1. The molecule has 0 spiro atoms. The molecule has 1 heterocycles. The van der Waals surface area contributed by atoms with Crippen LogP contribution in [-0.4, -0.2) is 34.6 Å². The zero-order chi connectivity index (χ0) is 15.4. The van der Waals surface area contributed by atoms with E-state index >= 15 is 0 Å². The summed E-state index contributed by atoms with van der Waals surface area (Å²) in [6.07, 6.45) is 1.70. The average Bonchev–Trinajstić information content (AvgIpc) is 2.42. The van der Waals surface area contributed by atoms with Crippen molar-refractivity contribution < 1.29 is 4.79 Å². The Morgan fingerprint density at radius 2 is 2.29 bits per heavy atom.